The summed E-state index contributed by atoms with van der Waals surface area (Å²) in [6.07, 6.45) is 3.16. The first-order valence-corrected chi connectivity index (χ1v) is 8.81. The number of anilines is 5. The van der Waals surface area contributed by atoms with E-state index in [1.165, 1.54) is 6.33 Å². The van der Waals surface area contributed by atoms with Gasteiger partial charge in [0.2, 0.25) is 0 Å². The number of para-hydroxylation sites is 1. The van der Waals surface area contributed by atoms with Crippen LogP contribution < -0.4 is 16.4 Å². The summed E-state index contributed by atoms with van der Waals surface area (Å²) < 4.78 is 0. The molecule has 2 heterocycles. The van der Waals surface area contributed by atoms with E-state index in [1.54, 1.807) is 24.4 Å². The summed E-state index contributed by atoms with van der Waals surface area (Å²) in [6.45, 7) is 0. The summed E-state index contributed by atoms with van der Waals surface area (Å²) in [4.78, 5) is 12.9. The quantitative estimate of drug-likeness (QED) is 0.427. The molecule has 0 bridgehead atoms. The van der Waals surface area contributed by atoms with E-state index in [0.717, 1.165) is 16.6 Å². The Morgan fingerprint density at radius 1 is 0.778 bits per heavy atom. The van der Waals surface area contributed by atoms with Gasteiger partial charge in [-0.25, -0.2) is 9.97 Å². The van der Waals surface area contributed by atoms with E-state index in [4.69, 9.17) is 28.9 Å². The zero-order valence-corrected chi connectivity index (χ0v) is 15.5. The molecule has 0 spiro atoms. The van der Waals surface area contributed by atoms with Crippen LogP contribution in [-0.2, 0) is 0 Å². The number of nitrogens with two attached hydrogens (primary N) is 1. The lowest BCUT2D eigenvalue weighted by Gasteiger charge is -2.14. The highest BCUT2D eigenvalue weighted by Crippen LogP contribution is 2.34. The largest absolute Gasteiger partial charge is 0.393 e. The SMILES string of the molecule is Nc1c(Nc2cccc(Cl)c2Cl)ncnc1Nc1cccc2cccnc12. The molecule has 0 aliphatic heterocycles. The zero-order chi connectivity index (χ0) is 18.8. The van der Waals surface area contributed by atoms with E-state index >= 15 is 0 Å². The van der Waals surface area contributed by atoms with Gasteiger partial charge in [-0.2, -0.15) is 0 Å². The third-order valence-corrected chi connectivity index (χ3v) is 4.79. The first kappa shape index (κ1) is 17.3. The van der Waals surface area contributed by atoms with Gasteiger partial charge in [-0.15, -0.1) is 0 Å². The number of hydrogen-bond acceptors (Lipinski definition) is 6. The van der Waals surface area contributed by atoms with E-state index in [0.29, 0.717) is 33.1 Å². The number of hydrogen-bond donors (Lipinski definition) is 3. The maximum Gasteiger partial charge on any atom is 0.159 e. The van der Waals surface area contributed by atoms with E-state index in [9.17, 15) is 0 Å². The molecule has 134 valence electrons. The van der Waals surface area contributed by atoms with Crippen molar-refractivity contribution in [2.75, 3.05) is 16.4 Å². The van der Waals surface area contributed by atoms with Crippen molar-refractivity contribution in [2.45, 2.75) is 0 Å². The summed E-state index contributed by atoms with van der Waals surface area (Å²) in [7, 11) is 0. The van der Waals surface area contributed by atoms with E-state index in [-0.39, 0.29) is 0 Å². The molecule has 4 N–H and O–H groups in total. The van der Waals surface area contributed by atoms with Crippen LogP contribution in [0.1, 0.15) is 0 Å². The Balaban J connectivity index is 1.69. The highest BCUT2D eigenvalue weighted by Gasteiger charge is 2.12. The molecule has 0 aliphatic rings. The number of benzene rings is 2. The number of halogens is 2. The van der Waals surface area contributed by atoms with Crippen LogP contribution in [-0.4, -0.2) is 15.0 Å². The van der Waals surface area contributed by atoms with Crippen molar-refractivity contribution in [1.82, 2.24) is 15.0 Å². The van der Waals surface area contributed by atoms with Gasteiger partial charge < -0.3 is 16.4 Å². The zero-order valence-electron chi connectivity index (χ0n) is 13.9. The predicted molar refractivity (Wildman–Crippen MR) is 111 cm³/mol. The molecule has 2 aromatic carbocycles. The Bertz CT molecular complexity index is 1130. The van der Waals surface area contributed by atoms with Crippen molar-refractivity contribution in [3.63, 3.8) is 0 Å². The number of rotatable bonds is 4. The summed E-state index contributed by atoms with van der Waals surface area (Å²) in [5.74, 6) is 0.883. The van der Waals surface area contributed by atoms with Crippen molar-refractivity contribution >= 4 is 62.8 Å². The number of fused-ring (bicyclic) bond motifs is 1. The standard InChI is InChI=1S/C19H14Cl2N6/c20-12-6-2-7-13(15(12)21)26-18-16(22)19(25-10-24-18)27-14-8-1-4-11-5-3-9-23-17(11)14/h1-10H,22H2,(H2,24,25,26,27). The van der Waals surface area contributed by atoms with Crippen LogP contribution in [0.15, 0.2) is 61.1 Å². The maximum absolute atomic E-state index is 6.26. The van der Waals surface area contributed by atoms with Crippen molar-refractivity contribution in [3.05, 3.63) is 71.1 Å². The summed E-state index contributed by atoms with van der Waals surface area (Å²) in [5.41, 5.74) is 8.84. The van der Waals surface area contributed by atoms with E-state index in [1.807, 2.05) is 30.3 Å². The lowest BCUT2D eigenvalue weighted by Crippen LogP contribution is -2.05. The van der Waals surface area contributed by atoms with Gasteiger partial charge in [-0.05, 0) is 24.3 Å². The molecule has 0 fully saturated rings. The average Bonchev–Trinajstić information content (AvgIpc) is 2.69. The summed E-state index contributed by atoms with van der Waals surface area (Å²) in [5, 5.41) is 8.17. The van der Waals surface area contributed by atoms with Crippen LogP contribution >= 0.6 is 23.2 Å². The molecule has 0 unspecified atom stereocenters. The Labute approximate surface area is 165 Å². The molecule has 0 amide bonds. The molecule has 2 aromatic heterocycles. The van der Waals surface area contributed by atoms with Crippen LogP contribution in [0.25, 0.3) is 10.9 Å². The summed E-state index contributed by atoms with van der Waals surface area (Å²) in [6, 6.07) is 15.0. The first-order chi connectivity index (χ1) is 13.1. The van der Waals surface area contributed by atoms with Crippen molar-refractivity contribution < 1.29 is 0 Å². The molecule has 0 saturated carbocycles. The fourth-order valence-corrected chi connectivity index (χ4v) is 3.00. The third-order valence-electron chi connectivity index (χ3n) is 3.97. The van der Waals surface area contributed by atoms with Gasteiger partial charge in [0.05, 0.1) is 26.9 Å². The third kappa shape index (κ3) is 3.45. The highest BCUT2D eigenvalue weighted by atomic mass is 35.5. The molecule has 8 heteroatoms. The Kier molecular flexibility index (Phi) is 4.66. The monoisotopic (exact) mass is 396 g/mol. The van der Waals surface area contributed by atoms with Gasteiger partial charge in [0.1, 0.15) is 12.0 Å². The molecule has 0 atom stereocenters. The second-order valence-corrected chi connectivity index (χ2v) is 6.50. The van der Waals surface area contributed by atoms with Crippen LogP contribution in [0.5, 0.6) is 0 Å². The molecule has 0 radical (unpaired) electrons. The lowest BCUT2D eigenvalue weighted by molar-refractivity contribution is 1.17. The van der Waals surface area contributed by atoms with Crippen LogP contribution in [0.3, 0.4) is 0 Å². The molecule has 6 nitrogen and oxygen atoms in total. The topological polar surface area (TPSA) is 88.8 Å². The minimum absolute atomic E-state index is 0.349. The van der Waals surface area contributed by atoms with Gasteiger partial charge in [0, 0.05) is 11.6 Å². The fourth-order valence-electron chi connectivity index (χ4n) is 2.66. The van der Waals surface area contributed by atoms with Gasteiger partial charge in [-0.3, -0.25) is 4.98 Å². The van der Waals surface area contributed by atoms with E-state index in [2.05, 4.69) is 25.6 Å². The molecule has 4 rings (SSSR count). The molecule has 4 aromatic rings. The number of nitrogens with zero attached hydrogens (tertiary/aromatic N) is 3. The number of pyridine rings is 1. The molecule has 27 heavy (non-hydrogen) atoms. The van der Waals surface area contributed by atoms with Crippen LogP contribution in [0.4, 0.5) is 28.7 Å². The fraction of sp³-hybridized carbons (Fsp3) is 0. The van der Waals surface area contributed by atoms with Crippen molar-refractivity contribution in [1.29, 1.82) is 0 Å². The molecular weight excluding hydrogens is 383 g/mol. The smallest absolute Gasteiger partial charge is 0.159 e. The van der Waals surface area contributed by atoms with Gasteiger partial charge >= 0.3 is 0 Å². The van der Waals surface area contributed by atoms with Gasteiger partial charge in [0.25, 0.3) is 0 Å². The molecule has 0 saturated heterocycles. The normalized spacial score (nSPS) is 10.7. The second kappa shape index (κ2) is 7.26. The lowest BCUT2D eigenvalue weighted by atomic mass is 10.2. The van der Waals surface area contributed by atoms with Gasteiger partial charge in [-0.1, -0.05) is 47.5 Å². The Hall–Kier alpha value is -3.09. The predicted octanol–water partition coefficient (Wildman–Crippen LogP) is 5.40. The Morgan fingerprint density at radius 3 is 2.26 bits per heavy atom. The number of nitrogen functional groups attached to an aromatic ring is 1. The van der Waals surface area contributed by atoms with Crippen LogP contribution in [0, 0.1) is 0 Å². The van der Waals surface area contributed by atoms with Crippen molar-refractivity contribution in [2.24, 2.45) is 0 Å². The highest BCUT2D eigenvalue weighted by molar-refractivity contribution is 6.43. The molecule has 0 aliphatic carbocycles. The minimum Gasteiger partial charge on any atom is -0.393 e. The van der Waals surface area contributed by atoms with E-state index < -0.39 is 0 Å². The Morgan fingerprint density at radius 2 is 1.44 bits per heavy atom. The van der Waals surface area contributed by atoms with Crippen molar-refractivity contribution in [3.8, 4) is 0 Å². The number of aromatic nitrogens is 3. The molecular formula is C19H14Cl2N6. The van der Waals surface area contributed by atoms with Gasteiger partial charge in [0.15, 0.2) is 11.6 Å². The number of nitrogens with one attached hydrogen (secondary N) is 2. The second-order valence-electron chi connectivity index (χ2n) is 5.72. The maximum atomic E-state index is 6.26. The average molecular weight is 397 g/mol. The first-order valence-electron chi connectivity index (χ1n) is 8.06. The summed E-state index contributed by atoms with van der Waals surface area (Å²) >= 11 is 12.3. The minimum atomic E-state index is 0.349. The van der Waals surface area contributed by atoms with Crippen LogP contribution in [0.2, 0.25) is 10.0 Å².